The smallest absolute Gasteiger partial charge is 0.240 e. The molecule has 0 saturated heterocycles. The summed E-state index contributed by atoms with van der Waals surface area (Å²) < 4.78 is 27.0. The van der Waals surface area contributed by atoms with Crippen LogP contribution in [0.5, 0.6) is 0 Å². The third-order valence-electron chi connectivity index (χ3n) is 3.39. The molecule has 102 valence electrons. The van der Waals surface area contributed by atoms with Gasteiger partial charge in [-0.3, -0.25) is 0 Å². The first-order chi connectivity index (χ1) is 9.03. The van der Waals surface area contributed by atoms with Crippen LogP contribution in [0.3, 0.4) is 0 Å². The molecule has 6 heteroatoms. The number of sulfonamides is 1. The van der Waals surface area contributed by atoms with Gasteiger partial charge < -0.3 is 5.73 Å². The van der Waals surface area contributed by atoms with Crippen molar-refractivity contribution in [1.82, 2.24) is 4.72 Å². The van der Waals surface area contributed by atoms with E-state index in [-0.39, 0.29) is 23.4 Å². The number of nitrogens with two attached hydrogens (primary N) is 1. The molecule has 1 aromatic rings. The topological polar surface area (TPSA) is 96.0 Å². The fraction of sp³-hybridized carbons (Fsp3) is 0.462. The van der Waals surface area contributed by atoms with Gasteiger partial charge >= 0.3 is 0 Å². The molecule has 0 aromatic heterocycles. The first-order valence-electron chi connectivity index (χ1n) is 6.27. The van der Waals surface area contributed by atoms with Crippen molar-refractivity contribution in [2.75, 3.05) is 0 Å². The van der Waals surface area contributed by atoms with E-state index in [1.165, 1.54) is 12.1 Å². The van der Waals surface area contributed by atoms with E-state index in [1.807, 2.05) is 6.07 Å². The van der Waals surface area contributed by atoms with Crippen LogP contribution in [0.15, 0.2) is 29.2 Å². The molecule has 1 fully saturated rings. The summed E-state index contributed by atoms with van der Waals surface area (Å²) in [6, 6.07) is 8.11. The van der Waals surface area contributed by atoms with Gasteiger partial charge in [0, 0.05) is 12.1 Å². The minimum absolute atomic E-state index is 0.104. The molecule has 0 radical (unpaired) electrons. The van der Waals surface area contributed by atoms with Gasteiger partial charge in [-0.2, -0.15) is 5.26 Å². The van der Waals surface area contributed by atoms with Crippen molar-refractivity contribution in [1.29, 1.82) is 5.26 Å². The van der Waals surface area contributed by atoms with Crippen molar-refractivity contribution in [2.45, 2.75) is 42.7 Å². The van der Waals surface area contributed by atoms with Crippen molar-refractivity contribution in [3.05, 3.63) is 29.8 Å². The Morgan fingerprint density at radius 2 is 2.00 bits per heavy atom. The second-order valence-corrected chi connectivity index (χ2v) is 6.52. The van der Waals surface area contributed by atoms with Gasteiger partial charge in [-0.15, -0.1) is 0 Å². The number of nitrogens with zero attached hydrogens (tertiary/aromatic N) is 1. The van der Waals surface area contributed by atoms with Crippen LogP contribution in [-0.4, -0.2) is 20.5 Å². The molecule has 1 aromatic carbocycles. The third-order valence-corrected chi connectivity index (χ3v) is 4.90. The Hall–Kier alpha value is -1.42. The highest BCUT2D eigenvalue weighted by atomic mass is 32.2. The summed E-state index contributed by atoms with van der Waals surface area (Å²) in [5.74, 6) is 0. The van der Waals surface area contributed by atoms with Crippen molar-refractivity contribution < 1.29 is 8.42 Å². The largest absolute Gasteiger partial charge is 0.326 e. The van der Waals surface area contributed by atoms with Gasteiger partial charge in [0.25, 0.3) is 0 Å². The summed E-state index contributed by atoms with van der Waals surface area (Å²) in [6.07, 6.45) is 2.87. The minimum atomic E-state index is -3.52. The second kappa shape index (κ2) is 5.70. The zero-order chi connectivity index (χ0) is 13.9. The Kier molecular flexibility index (Phi) is 4.20. The molecule has 19 heavy (non-hydrogen) atoms. The minimum Gasteiger partial charge on any atom is -0.326 e. The lowest BCUT2D eigenvalue weighted by Gasteiger charge is -2.17. The zero-order valence-electron chi connectivity index (χ0n) is 10.5. The highest BCUT2D eigenvalue weighted by Gasteiger charge is 2.28. The first kappa shape index (κ1) is 14.0. The third kappa shape index (κ3) is 3.32. The van der Waals surface area contributed by atoms with E-state index in [4.69, 9.17) is 11.0 Å². The average Bonchev–Trinajstić information content (AvgIpc) is 2.75. The molecule has 5 nitrogen and oxygen atoms in total. The quantitative estimate of drug-likeness (QED) is 0.856. The van der Waals surface area contributed by atoms with E-state index in [0.29, 0.717) is 0 Å². The number of benzene rings is 1. The van der Waals surface area contributed by atoms with Crippen molar-refractivity contribution in [2.24, 2.45) is 5.73 Å². The second-order valence-electron chi connectivity index (χ2n) is 4.80. The maximum atomic E-state index is 12.2. The molecule has 0 spiro atoms. The van der Waals surface area contributed by atoms with E-state index < -0.39 is 10.0 Å². The highest BCUT2D eigenvalue weighted by molar-refractivity contribution is 7.89. The van der Waals surface area contributed by atoms with Gasteiger partial charge in [0.1, 0.15) is 0 Å². The summed E-state index contributed by atoms with van der Waals surface area (Å²) in [5.41, 5.74) is 6.67. The van der Waals surface area contributed by atoms with Crippen LogP contribution in [0, 0.1) is 11.3 Å². The Morgan fingerprint density at radius 3 is 2.53 bits per heavy atom. The summed E-state index contributed by atoms with van der Waals surface area (Å²) in [4.78, 5) is 0.216. The Morgan fingerprint density at radius 1 is 1.32 bits per heavy atom. The van der Waals surface area contributed by atoms with E-state index in [9.17, 15) is 8.42 Å². The molecule has 2 unspecified atom stereocenters. The van der Waals surface area contributed by atoms with Gasteiger partial charge in [0.05, 0.1) is 17.4 Å². The van der Waals surface area contributed by atoms with Crippen LogP contribution in [0.1, 0.15) is 24.8 Å². The van der Waals surface area contributed by atoms with Gasteiger partial charge in [-0.05, 0) is 30.5 Å². The van der Waals surface area contributed by atoms with Gasteiger partial charge in [0.2, 0.25) is 10.0 Å². The van der Waals surface area contributed by atoms with E-state index >= 15 is 0 Å². The zero-order valence-corrected chi connectivity index (χ0v) is 11.4. The van der Waals surface area contributed by atoms with Gasteiger partial charge in [-0.25, -0.2) is 13.1 Å². The van der Waals surface area contributed by atoms with Crippen LogP contribution < -0.4 is 10.5 Å². The molecule has 0 aliphatic heterocycles. The van der Waals surface area contributed by atoms with Crippen LogP contribution in [0.25, 0.3) is 0 Å². The molecule has 1 saturated carbocycles. The fourth-order valence-electron chi connectivity index (χ4n) is 2.28. The molecule has 1 aliphatic rings. The summed E-state index contributed by atoms with van der Waals surface area (Å²) in [7, 11) is -3.52. The number of nitrogens with one attached hydrogen (secondary N) is 1. The van der Waals surface area contributed by atoms with Gasteiger partial charge in [0.15, 0.2) is 0 Å². The van der Waals surface area contributed by atoms with Crippen LogP contribution in [0.2, 0.25) is 0 Å². The molecular formula is C13H17N3O2S. The standard InChI is InChI=1S/C13H17N3O2S/c14-9-8-10-4-6-11(7-5-10)19(17,18)16-13-3-1-2-12(13)15/h4-7,12-13,16H,1-3,8,15H2. The van der Waals surface area contributed by atoms with Crippen LogP contribution in [-0.2, 0) is 16.4 Å². The van der Waals surface area contributed by atoms with Crippen molar-refractivity contribution in [3.8, 4) is 6.07 Å². The number of rotatable bonds is 4. The number of hydrogen-bond acceptors (Lipinski definition) is 4. The fourth-order valence-corrected chi connectivity index (χ4v) is 3.60. The summed E-state index contributed by atoms with van der Waals surface area (Å²) >= 11 is 0. The monoisotopic (exact) mass is 279 g/mol. The Labute approximate surface area is 113 Å². The van der Waals surface area contributed by atoms with E-state index in [2.05, 4.69) is 4.72 Å². The summed E-state index contributed by atoms with van der Waals surface area (Å²) in [6.45, 7) is 0. The maximum absolute atomic E-state index is 12.2. The van der Waals surface area contributed by atoms with Crippen molar-refractivity contribution >= 4 is 10.0 Å². The molecule has 0 bridgehead atoms. The summed E-state index contributed by atoms with van der Waals surface area (Å²) in [5, 5.41) is 8.57. The van der Waals surface area contributed by atoms with Gasteiger partial charge in [-0.1, -0.05) is 18.6 Å². The Bertz CT molecular complexity index is 575. The number of hydrogen-bond donors (Lipinski definition) is 2. The van der Waals surface area contributed by atoms with E-state index in [1.54, 1.807) is 12.1 Å². The predicted molar refractivity (Wildman–Crippen MR) is 71.7 cm³/mol. The predicted octanol–water partition coefficient (Wildman–Crippen LogP) is 0.911. The highest BCUT2D eigenvalue weighted by Crippen LogP contribution is 2.20. The maximum Gasteiger partial charge on any atom is 0.240 e. The normalized spacial score (nSPS) is 23.2. The molecule has 2 rings (SSSR count). The lowest BCUT2D eigenvalue weighted by atomic mass is 10.2. The molecular weight excluding hydrogens is 262 g/mol. The molecule has 0 amide bonds. The van der Waals surface area contributed by atoms with Crippen LogP contribution in [0.4, 0.5) is 0 Å². The van der Waals surface area contributed by atoms with E-state index in [0.717, 1.165) is 24.8 Å². The molecule has 1 aliphatic carbocycles. The SMILES string of the molecule is N#CCc1ccc(S(=O)(=O)NC2CCCC2N)cc1. The van der Waals surface area contributed by atoms with Crippen LogP contribution >= 0.6 is 0 Å². The Balaban J connectivity index is 2.13. The molecule has 0 heterocycles. The first-order valence-corrected chi connectivity index (χ1v) is 7.75. The molecule has 2 atom stereocenters. The lowest BCUT2D eigenvalue weighted by molar-refractivity contribution is 0.522. The average molecular weight is 279 g/mol. The number of nitriles is 1. The molecule has 3 N–H and O–H groups in total. The van der Waals surface area contributed by atoms with Crippen molar-refractivity contribution in [3.63, 3.8) is 0 Å². The lowest BCUT2D eigenvalue weighted by Crippen LogP contribution is -2.43.